The minimum Gasteiger partial charge on any atom is -0.741 e. The van der Waals surface area contributed by atoms with E-state index in [2.05, 4.69) is 0 Å². The van der Waals surface area contributed by atoms with Gasteiger partial charge in [0.15, 0.2) is 21.2 Å². The molecule has 0 spiro atoms. The van der Waals surface area contributed by atoms with E-state index in [0.29, 0.717) is 11.4 Å². The van der Waals surface area contributed by atoms with Crippen molar-refractivity contribution in [1.82, 2.24) is 4.57 Å². The fraction of sp³-hybridized carbons (Fsp3) is 0.269. The first-order valence-corrected chi connectivity index (χ1v) is 12.9. The van der Waals surface area contributed by atoms with E-state index in [9.17, 15) is 39.5 Å². The summed E-state index contributed by atoms with van der Waals surface area (Å²) in [6, 6.07) is 16.2. The van der Waals surface area contributed by atoms with Gasteiger partial charge in [0, 0.05) is 6.07 Å². The van der Waals surface area contributed by atoms with Crippen LogP contribution in [0.3, 0.4) is 0 Å². The molecule has 3 aromatic carbocycles. The van der Waals surface area contributed by atoms with Crippen molar-refractivity contribution in [2.75, 3.05) is 0 Å². The van der Waals surface area contributed by atoms with Gasteiger partial charge in [-0.05, 0) is 41.3 Å². The largest absolute Gasteiger partial charge is 0.741 e. The molecule has 0 bridgehead atoms. The van der Waals surface area contributed by atoms with E-state index in [-0.39, 0.29) is 22.5 Å². The van der Waals surface area contributed by atoms with Crippen molar-refractivity contribution in [3.63, 3.8) is 0 Å². The second-order valence-corrected chi connectivity index (χ2v) is 11.1. The molecule has 0 saturated carbocycles. The Morgan fingerprint density at radius 1 is 0.732 bits per heavy atom. The van der Waals surface area contributed by atoms with Gasteiger partial charge in [-0.2, -0.15) is 48.6 Å². The molecule has 0 unspecified atom stereocenters. The number of imidazole rings is 1. The number of aromatic nitrogens is 2. The van der Waals surface area contributed by atoms with Crippen molar-refractivity contribution < 1.29 is 57.1 Å². The molecule has 222 valence electrons. The van der Waals surface area contributed by atoms with E-state index in [1.54, 1.807) is 42.5 Å². The molecule has 0 aliphatic heterocycles. The highest BCUT2D eigenvalue weighted by atomic mass is 32.2. The van der Waals surface area contributed by atoms with Gasteiger partial charge in [-0.3, -0.25) is 0 Å². The summed E-state index contributed by atoms with van der Waals surface area (Å²) in [6.07, 6.45) is -8.53. The lowest BCUT2D eigenvalue weighted by molar-refractivity contribution is -0.568. The van der Waals surface area contributed by atoms with Gasteiger partial charge in [-0.25, -0.2) is 8.42 Å². The van der Waals surface area contributed by atoms with Crippen LogP contribution in [0.1, 0.15) is 37.5 Å². The van der Waals surface area contributed by atoms with Crippen LogP contribution in [0, 0.1) is 0 Å². The van der Waals surface area contributed by atoms with Crippen LogP contribution in [0.4, 0.5) is 39.5 Å². The Balaban J connectivity index is 0.000000507. The SMILES string of the molecule is CC(C)(C)c1ccc(-[n+]2cn(-c3ccccc3)c3cc(C(F)(F)F)cc(C(F)(F)F)c32)cc1.O=S(=O)([O-])C(F)(F)F. The number of fused-ring (bicyclic) bond motifs is 1. The van der Waals surface area contributed by atoms with Crippen molar-refractivity contribution in [2.45, 2.75) is 44.0 Å². The molecule has 0 aliphatic rings. The maximum absolute atomic E-state index is 14.0. The number of alkyl halides is 9. The van der Waals surface area contributed by atoms with Gasteiger partial charge < -0.3 is 4.55 Å². The molecule has 0 fully saturated rings. The van der Waals surface area contributed by atoms with Crippen molar-refractivity contribution in [1.29, 1.82) is 0 Å². The molecule has 0 amide bonds. The van der Waals surface area contributed by atoms with E-state index in [4.69, 9.17) is 13.0 Å². The number of hydrogen-bond acceptors (Lipinski definition) is 3. The van der Waals surface area contributed by atoms with Crippen LogP contribution in [0.5, 0.6) is 0 Å². The molecule has 0 radical (unpaired) electrons. The predicted octanol–water partition coefficient (Wildman–Crippen LogP) is 7.29. The number of rotatable bonds is 2. The van der Waals surface area contributed by atoms with E-state index in [1.165, 1.54) is 15.5 Å². The van der Waals surface area contributed by atoms with Crippen LogP contribution < -0.4 is 4.57 Å². The molecule has 15 heteroatoms. The van der Waals surface area contributed by atoms with Crippen molar-refractivity contribution in [3.05, 3.63) is 89.7 Å². The highest BCUT2D eigenvalue weighted by molar-refractivity contribution is 7.86. The van der Waals surface area contributed by atoms with Gasteiger partial charge >= 0.3 is 17.9 Å². The highest BCUT2D eigenvalue weighted by Gasteiger charge is 2.42. The number of hydrogen-bond donors (Lipinski definition) is 0. The van der Waals surface area contributed by atoms with Crippen molar-refractivity contribution in [3.8, 4) is 11.4 Å². The van der Waals surface area contributed by atoms with Gasteiger partial charge in [0.25, 0.3) is 6.33 Å². The monoisotopic (exact) mass is 612 g/mol. The van der Waals surface area contributed by atoms with Gasteiger partial charge in [0.1, 0.15) is 16.9 Å². The predicted molar refractivity (Wildman–Crippen MR) is 129 cm³/mol. The second kappa shape index (κ2) is 10.7. The summed E-state index contributed by atoms with van der Waals surface area (Å²) < 4.78 is 144. The highest BCUT2D eigenvalue weighted by Crippen LogP contribution is 2.40. The number of benzene rings is 3. The van der Waals surface area contributed by atoms with Gasteiger partial charge in [0.2, 0.25) is 0 Å². The molecule has 1 aromatic heterocycles. The summed E-state index contributed by atoms with van der Waals surface area (Å²) in [4.78, 5) is 0. The van der Waals surface area contributed by atoms with Crippen LogP contribution in [-0.4, -0.2) is 23.0 Å². The molecule has 4 aromatic rings. The molecule has 0 saturated heterocycles. The Morgan fingerprint density at radius 3 is 1.66 bits per heavy atom. The molecule has 41 heavy (non-hydrogen) atoms. The lowest BCUT2D eigenvalue weighted by atomic mass is 9.87. The third kappa shape index (κ3) is 7.19. The van der Waals surface area contributed by atoms with E-state index >= 15 is 0 Å². The zero-order valence-electron chi connectivity index (χ0n) is 21.4. The Hall–Kier alpha value is -3.59. The molecular formula is C26H21F9N2O3S. The fourth-order valence-corrected chi connectivity index (χ4v) is 3.78. The van der Waals surface area contributed by atoms with Gasteiger partial charge in [-0.15, -0.1) is 0 Å². The van der Waals surface area contributed by atoms with Gasteiger partial charge in [0.05, 0.1) is 5.56 Å². The number of nitrogens with zero attached hydrogens (tertiary/aromatic N) is 2. The molecule has 0 aliphatic carbocycles. The van der Waals surface area contributed by atoms with Gasteiger partial charge in [-0.1, -0.05) is 51.1 Å². The third-order valence-corrected chi connectivity index (χ3v) is 6.35. The second-order valence-electron chi connectivity index (χ2n) is 9.77. The summed E-state index contributed by atoms with van der Waals surface area (Å²) >= 11 is 0. The molecule has 4 rings (SSSR count). The van der Waals surface area contributed by atoms with Crippen LogP contribution in [0.15, 0.2) is 73.1 Å². The zero-order valence-corrected chi connectivity index (χ0v) is 22.2. The summed E-state index contributed by atoms with van der Waals surface area (Å²) in [5.41, 5.74) is -7.21. The summed E-state index contributed by atoms with van der Waals surface area (Å²) in [7, 11) is -6.09. The van der Waals surface area contributed by atoms with E-state index < -0.39 is 39.1 Å². The number of para-hydroxylation sites is 1. The average Bonchev–Trinajstić information content (AvgIpc) is 3.21. The topological polar surface area (TPSA) is 66.0 Å². The van der Waals surface area contributed by atoms with Crippen LogP contribution in [-0.2, 0) is 27.9 Å². The Morgan fingerprint density at radius 2 is 1.24 bits per heavy atom. The zero-order chi connectivity index (χ0) is 31.2. The molecule has 5 nitrogen and oxygen atoms in total. The lowest BCUT2D eigenvalue weighted by Crippen LogP contribution is -2.31. The maximum Gasteiger partial charge on any atom is 0.485 e. The molecule has 0 N–H and O–H groups in total. The Labute approximate surface area is 228 Å². The fourth-order valence-electron chi connectivity index (χ4n) is 3.78. The molecule has 1 heterocycles. The first kappa shape index (κ1) is 31.9. The van der Waals surface area contributed by atoms with E-state index in [0.717, 1.165) is 11.6 Å². The minimum atomic E-state index is -6.09. The summed E-state index contributed by atoms with van der Waals surface area (Å²) in [5.74, 6) is 0. The quantitative estimate of drug-likeness (QED) is 0.103. The molecule has 0 atom stereocenters. The molecular weight excluding hydrogens is 591 g/mol. The van der Waals surface area contributed by atoms with Crippen LogP contribution in [0.2, 0.25) is 0 Å². The van der Waals surface area contributed by atoms with Crippen molar-refractivity contribution in [2.24, 2.45) is 0 Å². The first-order chi connectivity index (χ1) is 18.5. The summed E-state index contributed by atoms with van der Waals surface area (Å²) in [5, 5.41) is 0. The van der Waals surface area contributed by atoms with Crippen LogP contribution >= 0.6 is 0 Å². The third-order valence-electron chi connectivity index (χ3n) is 5.78. The maximum atomic E-state index is 14.0. The Bertz CT molecular complexity index is 1630. The van der Waals surface area contributed by atoms with Crippen molar-refractivity contribution >= 4 is 21.2 Å². The summed E-state index contributed by atoms with van der Waals surface area (Å²) in [6.45, 7) is 6.03. The number of halogens is 9. The Kier molecular flexibility index (Phi) is 8.31. The first-order valence-electron chi connectivity index (χ1n) is 11.5. The standard InChI is InChI=1S/C25H21F6N2.CHF3O3S/c1-23(2,3)16-9-11-19(12-10-16)33-15-32(18-7-5-4-6-8-18)21-14-17(24(26,27)28)13-20(22(21)33)25(29,30)31;2-1(3,4)8(5,6)7/h4-15H,1-3H3;(H,5,6,7)/q+1;/p-1. The average molecular weight is 613 g/mol. The van der Waals surface area contributed by atoms with E-state index in [1.807, 2.05) is 32.9 Å². The minimum absolute atomic E-state index is 0.167. The van der Waals surface area contributed by atoms with Crippen LogP contribution in [0.25, 0.3) is 22.4 Å². The lowest BCUT2D eigenvalue weighted by Gasteiger charge is -2.18. The normalized spacial score (nSPS) is 13.2. The smallest absolute Gasteiger partial charge is 0.485 e.